The lowest BCUT2D eigenvalue weighted by Crippen LogP contribution is -1.92. The first kappa shape index (κ1) is 9.51. The standard InChI is InChI=1S/C10H10N2O3/c1-13-7-4-3-5-8(14-2)9(7)10-12-11-6-15-10/h3-6H,1-2H3. The van der Waals surface area contributed by atoms with E-state index in [4.69, 9.17) is 13.9 Å². The van der Waals surface area contributed by atoms with Gasteiger partial charge in [-0.2, -0.15) is 0 Å². The third kappa shape index (κ3) is 1.63. The van der Waals surface area contributed by atoms with Gasteiger partial charge in [-0.1, -0.05) is 6.07 Å². The minimum absolute atomic E-state index is 0.379. The molecule has 0 amide bonds. The fourth-order valence-electron chi connectivity index (χ4n) is 1.34. The molecule has 2 aromatic rings. The first-order valence-corrected chi connectivity index (χ1v) is 4.34. The zero-order valence-electron chi connectivity index (χ0n) is 8.43. The summed E-state index contributed by atoms with van der Waals surface area (Å²) < 4.78 is 15.5. The molecule has 0 saturated carbocycles. The Morgan fingerprint density at radius 1 is 1.13 bits per heavy atom. The van der Waals surface area contributed by atoms with Gasteiger partial charge in [-0.25, -0.2) is 0 Å². The predicted molar refractivity (Wildman–Crippen MR) is 52.8 cm³/mol. The summed E-state index contributed by atoms with van der Waals surface area (Å²) in [6.07, 6.45) is 1.27. The number of hydrogen-bond acceptors (Lipinski definition) is 5. The average molecular weight is 206 g/mol. The van der Waals surface area contributed by atoms with Crippen molar-refractivity contribution >= 4 is 0 Å². The first-order valence-electron chi connectivity index (χ1n) is 4.34. The van der Waals surface area contributed by atoms with Crippen LogP contribution in [0.15, 0.2) is 29.0 Å². The van der Waals surface area contributed by atoms with E-state index in [1.165, 1.54) is 6.39 Å². The summed E-state index contributed by atoms with van der Waals surface area (Å²) in [5, 5.41) is 7.45. The molecule has 0 saturated heterocycles. The van der Waals surface area contributed by atoms with Crippen LogP contribution < -0.4 is 9.47 Å². The largest absolute Gasteiger partial charge is 0.496 e. The number of methoxy groups -OCH3 is 2. The monoisotopic (exact) mass is 206 g/mol. The number of benzene rings is 1. The molecule has 0 aliphatic heterocycles. The van der Waals surface area contributed by atoms with Gasteiger partial charge >= 0.3 is 0 Å². The van der Waals surface area contributed by atoms with Crippen LogP contribution in [0.5, 0.6) is 11.5 Å². The molecule has 78 valence electrons. The van der Waals surface area contributed by atoms with E-state index in [1.807, 2.05) is 18.2 Å². The molecular weight excluding hydrogens is 196 g/mol. The first-order chi connectivity index (χ1) is 7.36. The summed E-state index contributed by atoms with van der Waals surface area (Å²) in [4.78, 5) is 0. The van der Waals surface area contributed by atoms with Crippen molar-refractivity contribution in [1.29, 1.82) is 0 Å². The molecule has 15 heavy (non-hydrogen) atoms. The molecule has 5 nitrogen and oxygen atoms in total. The minimum Gasteiger partial charge on any atom is -0.496 e. The second-order valence-electron chi connectivity index (χ2n) is 2.78. The van der Waals surface area contributed by atoms with Gasteiger partial charge in [0.05, 0.1) is 14.2 Å². The van der Waals surface area contributed by atoms with Crippen molar-refractivity contribution in [2.45, 2.75) is 0 Å². The van der Waals surface area contributed by atoms with E-state index in [1.54, 1.807) is 14.2 Å². The van der Waals surface area contributed by atoms with Gasteiger partial charge in [-0.15, -0.1) is 10.2 Å². The molecule has 1 aromatic carbocycles. The van der Waals surface area contributed by atoms with Gasteiger partial charge in [0.1, 0.15) is 17.1 Å². The van der Waals surface area contributed by atoms with Crippen LogP contribution in [0.25, 0.3) is 11.5 Å². The van der Waals surface area contributed by atoms with E-state index in [2.05, 4.69) is 10.2 Å². The quantitative estimate of drug-likeness (QED) is 0.765. The van der Waals surface area contributed by atoms with Crippen molar-refractivity contribution in [3.63, 3.8) is 0 Å². The molecule has 0 N–H and O–H groups in total. The van der Waals surface area contributed by atoms with Crippen molar-refractivity contribution in [3.05, 3.63) is 24.6 Å². The molecule has 0 bridgehead atoms. The summed E-state index contributed by atoms with van der Waals surface area (Å²) in [6.45, 7) is 0. The van der Waals surface area contributed by atoms with E-state index in [0.29, 0.717) is 23.0 Å². The van der Waals surface area contributed by atoms with Gasteiger partial charge in [0.2, 0.25) is 6.39 Å². The summed E-state index contributed by atoms with van der Waals surface area (Å²) in [5.74, 6) is 1.65. The van der Waals surface area contributed by atoms with Gasteiger partial charge in [-0.05, 0) is 12.1 Å². The van der Waals surface area contributed by atoms with E-state index in [0.717, 1.165) is 0 Å². The number of ether oxygens (including phenoxy) is 2. The van der Waals surface area contributed by atoms with Crippen LogP contribution >= 0.6 is 0 Å². The van der Waals surface area contributed by atoms with E-state index in [-0.39, 0.29) is 0 Å². The maximum absolute atomic E-state index is 5.20. The Morgan fingerprint density at radius 2 is 1.80 bits per heavy atom. The number of rotatable bonds is 3. The van der Waals surface area contributed by atoms with Crippen molar-refractivity contribution in [3.8, 4) is 23.0 Å². The summed E-state index contributed by atoms with van der Waals surface area (Å²) in [7, 11) is 3.16. The van der Waals surface area contributed by atoms with Crippen LogP contribution in [0.2, 0.25) is 0 Å². The molecule has 0 fully saturated rings. The molecule has 5 heteroatoms. The third-order valence-electron chi connectivity index (χ3n) is 2.00. The highest BCUT2D eigenvalue weighted by molar-refractivity contribution is 5.70. The second kappa shape index (κ2) is 4.00. The molecule has 0 radical (unpaired) electrons. The molecular formula is C10H10N2O3. The van der Waals surface area contributed by atoms with Crippen LogP contribution in [0.3, 0.4) is 0 Å². The lowest BCUT2D eigenvalue weighted by atomic mass is 10.2. The summed E-state index contributed by atoms with van der Waals surface area (Å²) >= 11 is 0. The predicted octanol–water partition coefficient (Wildman–Crippen LogP) is 1.75. The zero-order valence-corrected chi connectivity index (χ0v) is 8.43. The maximum Gasteiger partial charge on any atom is 0.254 e. The lowest BCUT2D eigenvalue weighted by molar-refractivity contribution is 0.394. The van der Waals surface area contributed by atoms with Gasteiger partial charge < -0.3 is 13.9 Å². The Bertz CT molecular complexity index is 418. The highest BCUT2D eigenvalue weighted by Crippen LogP contribution is 2.36. The number of aromatic nitrogens is 2. The van der Waals surface area contributed by atoms with Crippen LogP contribution in [0, 0.1) is 0 Å². The second-order valence-corrected chi connectivity index (χ2v) is 2.78. The lowest BCUT2D eigenvalue weighted by Gasteiger charge is -2.09. The highest BCUT2D eigenvalue weighted by Gasteiger charge is 2.16. The Morgan fingerprint density at radius 3 is 2.27 bits per heavy atom. The van der Waals surface area contributed by atoms with Crippen LogP contribution in [0.4, 0.5) is 0 Å². The fourth-order valence-corrected chi connectivity index (χ4v) is 1.34. The van der Waals surface area contributed by atoms with Crippen molar-refractivity contribution in [1.82, 2.24) is 10.2 Å². The molecule has 0 spiro atoms. The van der Waals surface area contributed by atoms with Crippen LogP contribution in [-0.4, -0.2) is 24.4 Å². The van der Waals surface area contributed by atoms with Gasteiger partial charge in [0.25, 0.3) is 5.89 Å². The number of hydrogen-bond donors (Lipinski definition) is 0. The molecule has 2 rings (SSSR count). The van der Waals surface area contributed by atoms with Gasteiger partial charge in [0.15, 0.2) is 0 Å². The Balaban J connectivity index is 2.61. The molecule has 1 aromatic heterocycles. The van der Waals surface area contributed by atoms with Crippen molar-refractivity contribution in [2.75, 3.05) is 14.2 Å². The Kier molecular flexibility index (Phi) is 2.53. The van der Waals surface area contributed by atoms with Crippen molar-refractivity contribution in [2.24, 2.45) is 0 Å². The summed E-state index contributed by atoms with van der Waals surface area (Å²) in [6, 6.07) is 5.45. The number of nitrogens with zero attached hydrogens (tertiary/aromatic N) is 2. The molecule has 1 heterocycles. The average Bonchev–Trinajstić information content (AvgIpc) is 2.81. The summed E-state index contributed by atoms with van der Waals surface area (Å²) in [5.41, 5.74) is 0.667. The van der Waals surface area contributed by atoms with Crippen molar-refractivity contribution < 1.29 is 13.9 Å². The SMILES string of the molecule is COc1cccc(OC)c1-c1nnco1. The molecule has 0 atom stereocenters. The normalized spacial score (nSPS) is 10.0. The fraction of sp³-hybridized carbons (Fsp3) is 0.200. The smallest absolute Gasteiger partial charge is 0.254 e. The topological polar surface area (TPSA) is 57.4 Å². The van der Waals surface area contributed by atoms with Crippen LogP contribution in [0.1, 0.15) is 0 Å². The molecule has 0 aliphatic carbocycles. The van der Waals surface area contributed by atoms with E-state index < -0.39 is 0 Å². The van der Waals surface area contributed by atoms with Gasteiger partial charge in [-0.3, -0.25) is 0 Å². The van der Waals surface area contributed by atoms with Gasteiger partial charge in [0, 0.05) is 0 Å². The Hall–Kier alpha value is -2.04. The third-order valence-corrected chi connectivity index (χ3v) is 2.00. The van der Waals surface area contributed by atoms with E-state index in [9.17, 15) is 0 Å². The minimum atomic E-state index is 0.379. The molecule has 0 aliphatic rings. The van der Waals surface area contributed by atoms with Crippen LogP contribution in [-0.2, 0) is 0 Å². The Labute approximate surface area is 86.6 Å². The highest BCUT2D eigenvalue weighted by atomic mass is 16.5. The molecule has 0 unspecified atom stereocenters. The maximum atomic E-state index is 5.20. The zero-order chi connectivity index (χ0) is 10.7. The van der Waals surface area contributed by atoms with E-state index >= 15 is 0 Å².